The number of carbonyl (C=O) groups is 1. The van der Waals surface area contributed by atoms with E-state index in [1.165, 1.54) is 12.6 Å². The molecule has 0 saturated carbocycles. The fourth-order valence-corrected chi connectivity index (χ4v) is 3.71. The summed E-state index contributed by atoms with van der Waals surface area (Å²) in [4.78, 5) is 25.1. The molecule has 0 N–H and O–H groups in total. The lowest BCUT2D eigenvalue weighted by Gasteiger charge is -2.35. The Hall–Kier alpha value is -3.39. The zero-order chi connectivity index (χ0) is 19.8. The Kier molecular flexibility index (Phi) is 4.40. The van der Waals surface area contributed by atoms with Crippen LogP contribution in [0.5, 0.6) is 0 Å². The van der Waals surface area contributed by atoms with Gasteiger partial charge >= 0.3 is 0 Å². The number of aromatic nitrogens is 3. The van der Waals surface area contributed by atoms with Crippen molar-refractivity contribution in [3.63, 3.8) is 0 Å². The molecule has 1 fully saturated rings. The summed E-state index contributed by atoms with van der Waals surface area (Å²) in [6, 6.07) is 10.8. The first-order valence-corrected chi connectivity index (χ1v) is 9.52. The third-order valence-corrected chi connectivity index (χ3v) is 5.18. The van der Waals surface area contributed by atoms with Crippen molar-refractivity contribution in [3.05, 3.63) is 59.8 Å². The highest BCUT2D eigenvalue weighted by atomic mass is 35.5. The number of piperazine rings is 1. The second kappa shape index (κ2) is 7.21. The molecule has 0 atom stereocenters. The predicted molar refractivity (Wildman–Crippen MR) is 107 cm³/mol. The second-order valence-electron chi connectivity index (χ2n) is 6.68. The fraction of sp³-hybridized carbons (Fsp3) is 0.200. The number of halogens is 1. The van der Waals surface area contributed by atoms with Crippen LogP contribution in [0.25, 0.3) is 22.4 Å². The molecule has 0 spiro atoms. The molecule has 1 aliphatic heterocycles. The van der Waals surface area contributed by atoms with Gasteiger partial charge in [0, 0.05) is 36.8 Å². The van der Waals surface area contributed by atoms with Crippen LogP contribution >= 0.6 is 11.6 Å². The van der Waals surface area contributed by atoms with E-state index in [0.717, 1.165) is 16.8 Å². The van der Waals surface area contributed by atoms with Crippen molar-refractivity contribution in [1.29, 1.82) is 0 Å². The fourth-order valence-electron chi connectivity index (χ4n) is 3.52. The lowest BCUT2D eigenvalue weighted by atomic mass is 10.1. The van der Waals surface area contributed by atoms with E-state index in [1.807, 2.05) is 18.2 Å². The molecule has 4 heterocycles. The van der Waals surface area contributed by atoms with E-state index in [-0.39, 0.29) is 5.91 Å². The van der Waals surface area contributed by atoms with Crippen LogP contribution in [0.3, 0.4) is 0 Å². The van der Waals surface area contributed by atoms with Gasteiger partial charge in [0.25, 0.3) is 11.6 Å². The number of nitrogens with zero attached hydrogens (tertiary/aromatic N) is 5. The minimum atomic E-state index is -0.105. The van der Waals surface area contributed by atoms with E-state index in [9.17, 15) is 4.79 Å². The van der Waals surface area contributed by atoms with E-state index in [1.54, 1.807) is 23.1 Å². The zero-order valence-electron chi connectivity index (χ0n) is 15.3. The van der Waals surface area contributed by atoms with Crippen LogP contribution in [0.2, 0.25) is 5.02 Å². The number of rotatable bonds is 3. The summed E-state index contributed by atoms with van der Waals surface area (Å²) < 4.78 is 10.7. The van der Waals surface area contributed by atoms with Gasteiger partial charge in [-0.05, 0) is 24.3 Å². The third-order valence-electron chi connectivity index (χ3n) is 4.95. The Morgan fingerprint density at radius 1 is 1.07 bits per heavy atom. The van der Waals surface area contributed by atoms with Crippen LogP contribution < -0.4 is 4.90 Å². The van der Waals surface area contributed by atoms with Crippen LogP contribution in [0.15, 0.2) is 57.9 Å². The number of amides is 1. The Morgan fingerprint density at radius 2 is 1.93 bits per heavy atom. The molecular formula is C20H16ClN5O3. The summed E-state index contributed by atoms with van der Waals surface area (Å²) in [5, 5.41) is 5.55. The van der Waals surface area contributed by atoms with E-state index >= 15 is 0 Å². The summed E-state index contributed by atoms with van der Waals surface area (Å²) >= 11 is 6.14. The second-order valence-corrected chi connectivity index (χ2v) is 7.11. The van der Waals surface area contributed by atoms with Crippen molar-refractivity contribution in [2.24, 2.45) is 0 Å². The number of fused-ring (bicyclic) bond motifs is 1. The topological polar surface area (TPSA) is 88.5 Å². The maximum Gasteiger partial charge on any atom is 0.289 e. The summed E-state index contributed by atoms with van der Waals surface area (Å²) in [7, 11) is 0. The largest absolute Gasteiger partial charge is 0.459 e. The van der Waals surface area contributed by atoms with Gasteiger partial charge in [-0.2, -0.15) is 4.98 Å². The lowest BCUT2D eigenvalue weighted by molar-refractivity contribution is 0.0714. The minimum Gasteiger partial charge on any atom is -0.459 e. The third kappa shape index (κ3) is 3.21. The van der Waals surface area contributed by atoms with Gasteiger partial charge in [0.1, 0.15) is 23.2 Å². The van der Waals surface area contributed by atoms with E-state index < -0.39 is 0 Å². The van der Waals surface area contributed by atoms with Gasteiger partial charge in [0.05, 0.1) is 6.26 Å². The number of hydrogen-bond donors (Lipinski definition) is 0. The standard InChI is InChI=1S/C20H16ClN5O3/c21-14-4-1-3-13(11-14)17-16-18(22-12-23-19(16)29-24-17)25-6-8-26(9-7-25)20(27)15-5-2-10-28-15/h1-5,10-12H,6-9H2. The molecule has 1 aliphatic rings. The van der Waals surface area contributed by atoms with Crippen molar-refractivity contribution < 1.29 is 13.7 Å². The lowest BCUT2D eigenvalue weighted by Crippen LogP contribution is -2.49. The first-order chi connectivity index (χ1) is 14.2. The van der Waals surface area contributed by atoms with Crippen molar-refractivity contribution in [3.8, 4) is 11.3 Å². The smallest absolute Gasteiger partial charge is 0.289 e. The Labute approximate surface area is 170 Å². The van der Waals surface area contributed by atoms with Crippen LogP contribution in [0, 0.1) is 0 Å². The molecule has 1 saturated heterocycles. The normalized spacial score (nSPS) is 14.5. The Bertz CT molecular complexity index is 1170. The first kappa shape index (κ1) is 17.7. The summed E-state index contributed by atoms with van der Waals surface area (Å²) in [5.74, 6) is 0.980. The number of anilines is 1. The van der Waals surface area contributed by atoms with Crippen LogP contribution in [-0.4, -0.2) is 52.1 Å². The number of benzene rings is 1. The molecule has 8 nitrogen and oxygen atoms in total. The van der Waals surface area contributed by atoms with Gasteiger partial charge in [0.2, 0.25) is 0 Å². The molecule has 1 amide bonds. The van der Waals surface area contributed by atoms with E-state index in [4.69, 9.17) is 20.5 Å². The Morgan fingerprint density at radius 3 is 2.69 bits per heavy atom. The van der Waals surface area contributed by atoms with Gasteiger partial charge < -0.3 is 18.7 Å². The number of furan rings is 1. The quantitative estimate of drug-likeness (QED) is 0.511. The minimum absolute atomic E-state index is 0.105. The van der Waals surface area contributed by atoms with Gasteiger partial charge in [-0.3, -0.25) is 4.79 Å². The zero-order valence-corrected chi connectivity index (χ0v) is 16.0. The van der Waals surface area contributed by atoms with Gasteiger partial charge in [0.15, 0.2) is 5.76 Å². The number of carbonyl (C=O) groups excluding carboxylic acids is 1. The molecule has 0 radical (unpaired) electrons. The molecule has 0 unspecified atom stereocenters. The maximum absolute atomic E-state index is 12.5. The van der Waals surface area contributed by atoms with E-state index in [0.29, 0.717) is 48.4 Å². The van der Waals surface area contributed by atoms with Crippen LogP contribution in [0.4, 0.5) is 5.82 Å². The molecule has 0 aliphatic carbocycles. The summed E-state index contributed by atoms with van der Waals surface area (Å²) in [6.45, 7) is 2.36. The average Bonchev–Trinajstić information content (AvgIpc) is 3.43. The molecule has 146 valence electrons. The Balaban J connectivity index is 1.44. The van der Waals surface area contributed by atoms with Crippen molar-refractivity contribution in [2.75, 3.05) is 31.1 Å². The molecule has 1 aromatic carbocycles. The van der Waals surface area contributed by atoms with Gasteiger partial charge in [-0.15, -0.1) is 0 Å². The highest BCUT2D eigenvalue weighted by Crippen LogP contribution is 2.34. The van der Waals surface area contributed by atoms with Crippen molar-refractivity contribution >= 4 is 34.4 Å². The molecule has 4 aromatic rings. The highest BCUT2D eigenvalue weighted by Gasteiger charge is 2.27. The van der Waals surface area contributed by atoms with Crippen LogP contribution in [-0.2, 0) is 0 Å². The molecule has 9 heteroatoms. The summed E-state index contributed by atoms with van der Waals surface area (Å²) in [6.07, 6.45) is 2.97. The number of hydrogen-bond acceptors (Lipinski definition) is 7. The first-order valence-electron chi connectivity index (χ1n) is 9.15. The molecule has 3 aromatic heterocycles. The molecule has 29 heavy (non-hydrogen) atoms. The van der Waals surface area contributed by atoms with E-state index in [2.05, 4.69) is 20.0 Å². The maximum atomic E-state index is 12.5. The SMILES string of the molecule is O=C(c1ccco1)N1CCN(c2ncnc3onc(-c4cccc(Cl)c4)c23)CC1. The van der Waals surface area contributed by atoms with Gasteiger partial charge in [-0.1, -0.05) is 28.9 Å². The predicted octanol–water partition coefficient (Wildman–Crippen LogP) is 3.49. The molecule has 0 bridgehead atoms. The summed E-state index contributed by atoms with van der Waals surface area (Å²) in [5.41, 5.74) is 1.89. The molecule has 5 rings (SSSR count). The monoisotopic (exact) mass is 409 g/mol. The van der Waals surface area contributed by atoms with Crippen molar-refractivity contribution in [2.45, 2.75) is 0 Å². The molecular weight excluding hydrogens is 394 g/mol. The highest BCUT2D eigenvalue weighted by molar-refractivity contribution is 6.30. The van der Waals surface area contributed by atoms with Crippen LogP contribution in [0.1, 0.15) is 10.6 Å². The average molecular weight is 410 g/mol. The van der Waals surface area contributed by atoms with Crippen molar-refractivity contribution in [1.82, 2.24) is 20.0 Å². The van der Waals surface area contributed by atoms with Gasteiger partial charge in [-0.25, -0.2) is 4.98 Å².